The smallest absolute Gasteiger partial charge is 0.236 e. The summed E-state index contributed by atoms with van der Waals surface area (Å²) in [7, 11) is 5.38. The minimum atomic E-state index is -0.0384. The predicted molar refractivity (Wildman–Crippen MR) is 70.2 cm³/mol. The zero-order valence-electron chi connectivity index (χ0n) is 12.1. The molecule has 5 nitrogen and oxygen atoms in total. The summed E-state index contributed by atoms with van der Waals surface area (Å²) in [5, 5.41) is 0. The molecule has 0 saturated heterocycles. The minimum absolute atomic E-state index is 0.0384. The van der Waals surface area contributed by atoms with Gasteiger partial charge in [0.25, 0.3) is 0 Å². The van der Waals surface area contributed by atoms with Gasteiger partial charge >= 0.3 is 0 Å². The van der Waals surface area contributed by atoms with E-state index in [-0.39, 0.29) is 11.3 Å². The van der Waals surface area contributed by atoms with E-state index in [0.717, 1.165) is 5.76 Å². The number of carbonyl (C=O) groups is 1. The SMILES string of the molecule is CN(CC(=O)N(C)C)Cc1ncc(C(C)(C)C)o1. The van der Waals surface area contributed by atoms with Crippen LogP contribution in [0.15, 0.2) is 10.6 Å². The van der Waals surface area contributed by atoms with Crippen molar-refractivity contribution in [1.29, 1.82) is 0 Å². The Kier molecular flexibility index (Phi) is 4.51. The third-order valence-corrected chi connectivity index (χ3v) is 2.60. The van der Waals surface area contributed by atoms with Crippen LogP contribution < -0.4 is 0 Å². The molecule has 5 heteroatoms. The number of amides is 1. The van der Waals surface area contributed by atoms with Crippen molar-refractivity contribution in [3.8, 4) is 0 Å². The van der Waals surface area contributed by atoms with E-state index in [9.17, 15) is 4.79 Å². The summed E-state index contributed by atoms with van der Waals surface area (Å²) in [6.45, 7) is 7.14. The number of hydrogen-bond acceptors (Lipinski definition) is 4. The molecule has 0 saturated carbocycles. The van der Waals surface area contributed by atoms with Crippen LogP contribution in [-0.4, -0.2) is 48.4 Å². The van der Waals surface area contributed by atoms with Crippen LogP contribution in [0.3, 0.4) is 0 Å². The van der Waals surface area contributed by atoms with Crippen molar-refractivity contribution in [2.45, 2.75) is 32.7 Å². The molecular formula is C13H23N3O2. The molecule has 0 bridgehead atoms. The third-order valence-electron chi connectivity index (χ3n) is 2.60. The Labute approximate surface area is 109 Å². The molecule has 0 aromatic carbocycles. The molecule has 0 aliphatic heterocycles. The van der Waals surface area contributed by atoms with Gasteiger partial charge in [0.05, 0.1) is 19.3 Å². The molecule has 1 amide bonds. The highest BCUT2D eigenvalue weighted by atomic mass is 16.4. The van der Waals surface area contributed by atoms with E-state index in [0.29, 0.717) is 19.0 Å². The fourth-order valence-corrected chi connectivity index (χ4v) is 1.39. The van der Waals surface area contributed by atoms with Gasteiger partial charge < -0.3 is 9.32 Å². The number of rotatable bonds is 4. The van der Waals surface area contributed by atoms with Gasteiger partial charge in [-0.1, -0.05) is 20.8 Å². The fraction of sp³-hybridized carbons (Fsp3) is 0.692. The summed E-state index contributed by atoms with van der Waals surface area (Å²) in [5.41, 5.74) is -0.0384. The molecule has 0 atom stereocenters. The van der Waals surface area contributed by atoms with Gasteiger partial charge in [-0.05, 0) is 7.05 Å². The largest absolute Gasteiger partial charge is 0.444 e. The maximum atomic E-state index is 11.5. The summed E-state index contributed by atoms with van der Waals surface area (Å²) < 4.78 is 5.68. The Morgan fingerprint density at radius 1 is 1.33 bits per heavy atom. The van der Waals surface area contributed by atoms with Crippen molar-refractivity contribution in [2.75, 3.05) is 27.7 Å². The van der Waals surface area contributed by atoms with Crippen molar-refractivity contribution < 1.29 is 9.21 Å². The van der Waals surface area contributed by atoms with Crippen LogP contribution >= 0.6 is 0 Å². The Hall–Kier alpha value is -1.36. The first-order chi connectivity index (χ1) is 8.20. The zero-order chi connectivity index (χ0) is 13.9. The second kappa shape index (κ2) is 5.52. The van der Waals surface area contributed by atoms with Gasteiger partial charge in [0.15, 0.2) is 0 Å². The lowest BCUT2D eigenvalue weighted by Crippen LogP contribution is -2.34. The van der Waals surface area contributed by atoms with Crippen LogP contribution in [0.25, 0.3) is 0 Å². The first-order valence-electron chi connectivity index (χ1n) is 6.04. The van der Waals surface area contributed by atoms with Crippen molar-refractivity contribution in [3.63, 3.8) is 0 Å². The van der Waals surface area contributed by atoms with Crippen molar-refractivity contribution in [1.82, 2.24) is 14.8 Å². The van der Waals surface area contributed by atoms with Crippen LogP contribution in [0.4, 0.5) is 0 Å². The van der Waals surface area contributed by atoms with Crippen molar-refractivity contribution in [2.24, 2.45) is 0 Å². The molecule has 0 radical (unpaired) electrons. The molecule has 1 heterocycles. The molecule has 102 valence electrons. The topological polar surface area (TPSA) is 49.6 Å². The third kappa shape index (κ3) is 4.14. The van der Waals surface area contributed by atoms with Gasteiger partial charge in [-0.25, -0.2) is 4.98 Å². The van der Waals surface area contributed by atoms with Crippen LogP contribution in [0.5, 0.6) is 0 Å². The number of oxazole rings is 1. The second-order valence-corrected chi connectivity index (χ2v) is 5.83. The van der Waals surface area contributed by atoms with Crippen LogP contribution in [0.1, 0.15) is 32.4 Å². The maximum Gasteiger partial charge on any atom is 0.236 e. The number of nitrogens with zero attached hydrogens (tertiary/aromatic N) is 3. The summed E-state index contributed by atoms with van der Waals surface area (Å²) in [5.74, 6) is 1.58. The highest BCUT2D eigenvalue weighted by molar-refractivity contribution is 5.77. The first kappa shape index (κ1) is 14.7. The van der Waals surface area contributed by atoms with Gasteiger partial charge in [0.2, 0.25) is 11.8 Å². The van der Waals surface area contributed by atoms with E-state index < -0.39 is 0 Å². The maximum absolute atomic E-state index is 11.5. The number of likely N-dealkylation sites (N-methyl/N-ethyl adjacent to an activating group) is 2. The molecule has 0 spiro atoms. The quantitative estimate of drug-likeness (QED) is 0.816. The normalized spacial score (nSPS) is 11.9. The lowest BCUT2D eigenvalue weighted by molar-refractivity contribution is -0.129. The number of aromatic nitrogens is 1. The highest BCUT2D eigenvalue weighted by Gasteiger charge is 2.20. The van der Waals surface area contributed by atoms with E-state index in [2.05, 4.69) is 25.8 Å². The van der Waals surface area contributed by atoms with E-state index in [4.69, 9.17) is 4.42 Å². The van der Waals surface area contributed by atoms with Gasteiger partial charge in [-0.2, -0.15) is 0 Å². The molecule has 0 fully saturated rings. The lowest BCUT2D eigenvalue weighted by atomic mass is 9.94. The summed E-state index contributed by atoms with van der Waals surface area (Å²) in [4.78, 5) is 19.2. The number of hydrogen-bond donors (Lipinski definition) is 0. The minimum Gasteiger partial charge on any atom is -0.444 e. The Balaban J connectivity index is 2.58. The summed E-state index contributed by atoms with van der Waals surface area (Å²) in [6, 6.07) is 0. The molecular weight excluding hydrogens is 230 g/mol. The zero-order valence-corrected chi connectivity index (χ0v) is 12.1. The molecule has 1 aromatic heterocycles. The average molecular weight is 253 g/mol. The predicted octanol–water partition coefficient (Wildman–Crippen LogP) is 1.49. The molecule has 0 aliphatic carbocycles. The second-order valence-electron chi connectivity index (χ2n) is 5.83. The van der Waals surface area contributed by atoms with E-state index in [1.807, 2.05) is 11.9 Å². The molecule has 0 unspecified atom stereocenters. The molecule has 1 rings (SSSR count). The fourth-order valence-electron chi connectivity index (χ4n) is 1.39. The Morgan fingerprint density at radius 3 is 2.39 bits per heavy atom. The van der Waals surface area contributed by atoms with Crippen LogP contribution in [0, 0.1) is 0 Å². The molecule has 18 heavy (non-hydrogen) atoms. The highest BCUT2D eigenvalue weighted by Crippen LogP contribution is 2.22. The first-order valence-corrected chi connectivity index (χ1v) is 6.04. The molecule has 0 aliphatic rings. The van der Waals surface area contributed by atoms with Gasteiger partial charge in [-0.15, -0.1) is 0 Å². The van der Waals surface area contributed by atoms with Crippen molar-refractivity contribution in [3.05, 3.63) is 17.8 Å². The monoisotopic (exact) mass is 253 g/mol. The van der Waals surface area contributed by atoms with Crippen LogP contribution in [0.2, 0.25) is 0 Å². The molecule has 1 aromatic rings. The average Bonchev–Trinajstić information content (AvgIpc) is 2.64. The Bertz CT molecular complexity index is 405. The van der Waals surface area contributed by atoms with Crippen molar-refractivity contribution >= 4 is 5.91 Å². The van der Waals surface area contributed by atoms with Gasteiger partial charge in [0, 0.05) is 19.5 Å². The standard InChI is InChI=1S/C13H23N3O2/c1-13(2,3)10-7-14-11(18-10)8-16(6)9-12(17)15(4)5/h7H,8-9H2,1-6H3. The van der Waals surface area contributed by atoms with Gasteiger partial charge in [-0.3, -0.25) is 9.69 Å². The Morgan fingerprint density at radius 2 is 1.94 bits per heavy atom. The number of carbonyl (C=O) groups excluding carboxylic acids is 1. The van der Waals surface area contributed by atoms with E-state index in [1.54, 1.807) is 25.2 Å². The molecule has 0 N–H and O–H groups in total. The lowest BCUT2D eigenvalue weighted by Gasteiger charge is -2.17. The summed E-state index contributed by atoms with van der Waals surface area (Å²) in [6.07, 6.45) is 1.76. The van der Waals surface area contributed by atoms with Crippen LogP contribution in [-0.2, 0) is 16.8 Å². The van der Waals surface area contributed by atoms with Gasteiger partial charge in [0.1, 0.15) is 5.76 Å². The van der Waals surface area contributed by atoms with E-state index >= 15 is 0 Å². The summed E-state index contributed by atoms with van der Waals surface area (Å²) >= 11 is 0. The van der Waals surface area contributed by atoms with E-state index in [1.165, 1.54) is 0 Å².